The van der Waals surface area contributed by atoms with E-state index in [1.165, 1.54) is 0 Å². The molecular formula is C28H30N2O5. The average molecular weight is 475 g/mol. The van der Waals surface area contributed by atoms with Crippen molar-refractivity contribution in [1.82, 2.24) is 10.2 Å². The number of carbonyl (C=O) groups excluding carboxylic acids is 2. The molecule has 0 fully saturated rings. The second-order valence-corrected chi connectivity index (χ2v) is 8.29. The minimum absolute atomic E-state index is 0.00720. The van der Waals surface area contributed by atoms with E-state index in [1.54, 1.807) is 32.3 Å². The van der Waals surface area contributed by atoms with E-state index in [4.69, 9.17) is 14.2 Å². The Morgan fingerprint density at radius 3 is 2.26 bits per heavy atom. The molecule has 1 N–H and O–H groups in total. The predicted octanol–water partition coefficient (Wildman–Crippen LogP) is 4.30. The smallest absolute Gasteiger partial charge is 0.251 e. The standard InChI is InChI=1S/C28H30N2O5/c1-33-23-17-24(34-2)27(25(18-23)35-3)20-11-14-30(15-12-20)26(31)10-13-29-28(32)22-9-8-19-6-4-5-7-21(19)16-22/h4-9,11,16-18H,10,12-15H2,1-3H3,(H,29,32). The zero-order chi connectivity index (χ0) is 24.8. The van der Waals surface area contributed by atoms with Crippen LogP contribution < -0.4 is 19.5 Å². The van der Waals surface area contributed by atoms with Crippen molar-refractivity contribution in [3.8, 4) is 17.2 Å². The van der Waals surface area contributed by atoms with Gasteiger partial charge in [-0.15, -0.1) is 0 Å². The highest BCUT2D eigenvalue weighted by molar-refractivity contribution is 5.98. The van der Waals surface area contributed by atoms with Crippen LogP contribution in [0.3, 0.4) is 0 Å². The highest BCUT2D eigenvalue weighted by Gasteiger charge is 2.23. The summed E-state index contributed by atoms with van der Waals surface area (Å²) in [7, 11) is 4.83. The van der Waals surface area contributed by atoms with Gasteiger partial charge in [0.25, 0.3) is 5.91 Å². The number of amides is 2. The summed E-state index contributed by atoms with van der Waals surface area (Å²) >= 11 is 0. The van der Waals surface area contributed by atoms with E-state index in [-0.39, 0.29) is 24.8 Å². The molecule has 0 radical (unpaired) electrons. The van der Waals surface area contributed by atoms with Crippen LogP contribution in [-0.2, 0) is 4.79 Å². The molecule has 3 aromatic rings. The second-order valence-electron chi connectivity index (χ2n) is 8.29. The third-order valence-corrected chi connectivity index (χ3v) is 6.23. The maximum Gasteiger partial charge on any atom is 0.251 e. The number of benzene rings is 3. The largest absolute Gasteiger partial charge is 0.496 e. The Balaban J connectivity index is 1.34. The first-order valence-electron chi connectivity index (χ1n) is 11.6. The molecule has 3 aromatic carbocycles. The highest BCUT2D eigenvalue weighted by Crippen LogP contribution is 2.40. The predicted molar refractivity (Wildman–Crippen MR) is 136 cm³/mol. The van der Waals surface area contributed by atoms with Crippen molar-refractivity contribution < 1.29 is 23.8 Å². The number of nitrogens with one attached hydrogen (secondary N) is 1. The van der Waals surface area contributed by atoms with Gasteiger partial charge in [-0.25, -0.2) is 0 Å². The lowest BCUT2D eigenvalue weighted by molar-refractivity contribution is -0.130. The summed E-state index contributed by atoms with van der Waals surface area (Å²) in [5.41, 5.74) is 2.53. The van der Waals surface area contributed by atoms with E-state index in [0.29, 0.717) is 42.3 Å². The number of hydrogen-bond donors (Lipinski definition) is 1. The third kappa shape index (κ3) is 5.40. The molecule has 7 nitrogen and oxygen atoms in total. The van der Waals surface area contributed by atoms with Crippen molar-refractivity contribution in [2.24, 2.45) is 0 Å². The Morgan fingerprint density at radius 1 is 0.914 bits per heavy atom. The Labute approximate surface area is 205 Å². The first-order valence-corrected chi connectivity index (χ1v) is 11.6. The average Bonchev–Trinajstić information content (AvgIpc) is 2.91. The van der Waals surface area contributed by atoms with Crippen LogP contribution in [0.4, 0.5) is 0 Å². The van der Waals surface area contributed by atoms with Gasteiger partial charge in [0.15, 0.2) is 0 Å². The van der Waals surface area contributed by atoms with Gasteiger partial charge in [0.1, 0.15) is 17.2 Å². The summed E-state index contributed by atoms with van der Waals surface area (Å²) in [5, 5.41) is 4.96. The third-order valence-electron chi connectivity index (χ3n) is 6.23. The van der Waals surface area contributed by atoms with Gasteiger partial charge in [0.05, 0.1) is 26.9 Å². The molecule has 35 heavy (non-hydrogen) atoms. The van der Waals surface area contributed by atoms with Gasteiger partial charge in [-0.05, 0) is 34.9 Å². The molecular weight excluding hydrogens is 444 g/mol. The van der Waals surface area contributed by atoms with Crippen LogP contribution in [0, 0.1) is 0 Å². The first kappa shape index (κ1) is 24.1. The molecule has 0 saturated heterocycles. The highest BCUT2D eigenvalue weighted by atomic mass is 16.5. The lowest BCUT2D eigenvalue weighted by Crippen LogP contribution is -2.37. The first-order chi connectivity index (χ1) is 17.0. The Hall–Kier alpha value is -4.00. The van der Waals surface area contributed by atoms with E-state index < -0.39 is 0 Å². The zero-order valence-electron chi connectivity index (χ0n) is 20.3. The topological polar surface area (TPSA) is 77.1 Å². The second kappa shape index (κ2) is 11.0. The molecule has 0 spiro atoms. The summed E-state index contributed by atoms with van der Waals surface area (Å²) in [6.07, 6.45) is 2.95. The molecule has 1 aliphatic rings. The number of fused-ring (bicyclic) bond motifs is 1. The molecule has 0 aliphatic carbocycles. The van der Waals surface area contributed by atoms with Crippen LogP contribution in [0.2, 0.25) is 0 Å². The zero-order valence-corrected chi connectivity index (χ0v) is 20.3. The fourth-order valence-electron chi connectivity index (χ4n) is 4.32. The summed E-state index contributed by atoms with van der Waals surface area (Å²) < 4.78 is 16.5. The Morgan fingerprint density at radius 2 is 1.63 bits per heavy atom. The molecule has 0 bridgehead atoms. The van der Waals surface area contributed by atoms with Gasteiger partial charge in [-0.3, -0.25) is 9.59 Å². The molecule has 4 rings (SSSR count). The number of methoxy groups -OCH3 is 3. The lowest BCUT2D eigenvalue weighted by Gasteiger charge is -2.28. The number of carbonyl (C=O) groups is 2. The lowest BCUT2D eigenvalue weighted by atomic mass is 9.97. The van der Waals surface area contributed by atoms with Crippen LogP contribution >= 0.6 is 0 Å². The maximum atomic E-state index is 12.7. The molecule has 0 unspecified atom stereocenters. The van der Waals surface area contributed by atoms with Crippen LogP contribution in [0.5, 0.6) is 17.2 Å². The fraction of sp³-hybridized carbons (Fsp3) is 0.286. The minimum Gasteiger partial charge on any atom is -0.496 e. The van der Waals surface area contributed by atoms with Gasteiger partial charge in [-0.2, -0.15) is 0 Å². The molecule has 2 amide bonds. The van der Waals surface area contributed by atoms with Gasteiger partial charge < -0.3 is 24.4 Å². The van der Waals surface area contributed by atoms with Crippen LogP contribution in [0.1, 0.15) is 28.8 Å². The fourth-order valence-corrected chi connectivity index (χ4v) is 4.32. The van der Waals surface area contributed by atoms with Crippen molar-refractivity contribution >= 4 is 28.2 Å². The Bertz CT molecular complexity index is 1240. The quantitative estimate of drug-likeness (QED) is 0.527. The van der Waals surface area contributed by atoms with Crippen molar-refractivity contribution in [3.63, 3.8) is 0 Å². The van der Waals surface area contributed by atoms with Crippen molar-refractivity contribution in [1.29, 1.82) is 0 Å². The number of hydrogen-bond acceptors (Lipinski definition) is 5. The molecule has 1 heterocycles. The molecule has 7 heteroatoms. The van der Waals surface area contributed by atoms with E-state index in [1.807, 2.05) is 54.6 Å². The normalized spacial score (nSPS) is 13.2. The van der Waals surface area contributed by atoms with Crippen molar-refractivity contribution in [2.45, 2.75) is 12.8 Å². The van der Waals surface area contributed by atoms with E-state index >= 15 is 0 Å². The van der Waals surface area contributed by atoms with Crippen LogP contribution in [0.25, 0.3) is 16.3 Å². The summed E-state index contributed by atoms with van der Waals surface area (Å²) in [6.45, 7) is 1.37. The SMILES string of the molecule is COc1cc(OC)c(C2=CCN(C(=O)CCNC(=O)c3ccc4ccccc4c3)CC2)c(OC)c1. The molecule has 182 valence electrons. The number of ether oxygens (including phenoxy) is 3. The maximum absolute atomic E-state index is 12.7. The van der Waals surface area contributed by atoms with Gasteiger partial charge >= 0.3 is 0 Å². The van der Waals surface area contributed by atoms with Crippen molar-refractivity contribution in [2.75, 3.05) is 41.0 Å². The molecule has 0 aromatic heterocycles. The number of nitrogens with zero attached hydrogens (tertiary/aromatic N) is 1. The van der Waals surface area contributed by atoms with E-state index in [0.717, 1.165) is 21.9 Å². The summed E-state index contributed by atoms with van der Waals surface area (Å²) in [6, 6.07) is 17.2. The Kier molecular flexibility index (Phi) is 7.55. The van der Waals surface area contributed by atoms with E-state index in [9.17, 15) is 9.59 Å². The monoisotopic (exact) mass is 474 g/mol. The molecule has 1 aliphatic heterocycles. The van der Waals surface area contributed by atoms with Gasteiger partial charge in [0, 0.05) is 43.8 Å². The molecule has 0 atom stereocenters. The molecule has 0 saturated carbocycles. The van der Waals surface area contributed by atoms with Gasteiger partial charge in [-0.1, -0.05) is 36.4 Å². The van der Waals surface area contributed by atoms with Crippen LogP contribution in [-0.4, -0.2) is 57.7 Å². The van der Waals surface area contributed by atoms with Crippen LogP contribution in [0.15, 0.2) is 60.7 Å². The van der Waals surface area contributed by atoms with E-state index in [2.05, 4.69) is 5.32 Å². The van der Waals surface area contributed by atoms with Crippen molar-refractivity contribution in [3.05, 3.63) is 71.8 Å². The summed E-state index contributed by atoms with van der Waals surface area (Å²) in [5.74, 6) is 1.82. The van der Waals surface area contributed by atoms with Gasteiger partial charge in [0.2, 0.25) is 5.91 Å². The minimum atomic E-state index is -0.178. The summed E-state index contributed by atoms with van der Waals surface area (Å²) in [4.78, 5) is 27.1. The number of rotatable bonds is 8.